The Hall–Kier alpha value is -2.27. The van der Waals surface area contributed by atoms with Gasteiger partial charge in [-0.15, -0.1) is 0 Å². The lowest BCUT2D eigenvalue weighted by atomic mass is 10.1. The number of carbonyl (C=O) groups is 1. The summed E-state index contributed by atoms with van der Waals surface area (Å²) >= 11 is 0. The van der Waals surface area contributed by atoms with Crippen LogP contribution >= 0.6 is 0 Å². The van der Waals surface area contributed by atoms with Crippen LogP contribution in [0.5, 0.6) is 0 Å². The van der Waals surface area contributed by atoms with E-state index in [1.807, 2.05) is 18.2 Å². The number of carbonyl (C=O) groups excluding carboxylic acids is 1. The van der Waals surface area contributed by atoms with E-state index in [4.69, 9.17) is 0 Å². The van der Waals surface area contributed by atoms with Crippen molar-refractivity contribution >= 4 is 5.91 Å². The van der Waals surface area contributed by atoms with Crippen LogP contribution < -0.4 is 5.32 Å². The maximum Gasteiger partial charge on any atom is 0.257 e. The Bertz CT molecular complexity index is 701. The molecule has 132 valence electrons. The molecule has 2 aromatic rings. The number of nitrogens with one attached hydrogen (secondary N) is 1. The van der Waals surface area contributed by atoms with Crippen LogP contribution in [0, 0.1) is 17.6 Å². The summed E-state index contributed by atoms with van der Waals surface area (Å²) < 4.78 is 27.2. The Labute approximate surface area is 146 Å². The SMILES string of the molecule is O=C(NC[C@@H]1CCN(CCc2ccccc2)C1)c1c(F)cccc1F. The highest BCUT2D eigenvalue weighted by Crippen LogP contribution is 2.17. The summed E-state index contributed by atoms with van der Waals surface area (Å²) in [5, 5.41) is 2.67. The number of hydrogen-bond donors (Lipinski definition) is 1. The molecule has 1 fully saturated rings. The van der Waals surface area contributed by atoms with Crippen molar-refractivity contribution in [1.82, 2.24) is 10.2 Å². The first-order chi connectivity index (χ1) is 12.1. The van der Waals surface area contributed by atoms with Crippen LogP contribution in [-0.2, 0) is 6.42 Å². The molecule has 1 aliphatic heterocycles. The zero-order valence-electron chi connectivity index (χ0n) is 14.1. The third-order valence-electron chi connectivity index (χ3n) is 4.67. The fraction of sp³-hybridized carbons (Fsp3) is 0.350. The molecule has 0 aliphatic carbocycles. The summed E-state index contributed by atoms with van der Waals surface area (Å²) in [5.74, 6) is -2.02. The highest BCUT2D eigenvalue weighted by Gasteiger charge is 2.24. The smallest absolute Gasteiger partial charge is 0.257 e. The van der Waals surface area contributed by atoms with Gasteiger partial charge in [0, 0.05) is 19.6 Å². The lowest BCUT2D eigenvalue weighted by Gasteiger charge is -2.16. The predicted molar refractivity (Wildman–Crippen MR) is 93.4 cm³/mol. The van der Waals surface area contributed by atoms with Crippen molar-refractivity contribution in [2.24, 2.45) is 5.92 Å². The average Bonchev–Trinajstić information content (AvgIpc) is 3.07. The van der Waals surface area contributed by atoms with Gasteiger partial charge >= 0.3 is 0 Å². The van der Waals surface area contributed by atoms with Crippen molar-refractivity contribution < 1.29 is 13.6 Å². The van der Waals surface area contributed by atoms with E-state index in [1.165, 1.54) is 11.6 Å². The summed E-state index contributed by atoms with van der Waals surface area (Å²) in [6.07, 6.45) is 1.98. The van der Waals surface area contributed by atoms with Gasteiger partial charge in [0.1, 0.15) is 17.2 Å². The highest BCUT2D eigenvalue weighted by molar-refractivity contribution is 5.94. The van der Waals surface area contributed by atoms with Gasteiger partial charge in [0.15, 0.2) is 0 Å². The van der Waals surface area contributed by atoms with E-state index < -0.39 is 23.1 Å². The first kappa shape index (κ1) is 17.5. The minimum absolute atomic E-state index is 0.314. The van der Waals surface area contributed by atoms with E-state index in [0.717, 1.165) is 44.6 Å². The number of halogens is 2. The minimum Gasteiger partial charge on any atom is -0.352 e. The van der Waals surface area contributed by atoms with E-state index >= 15 is 0 Å². The maximum atomic E-state index is 13.6. The minimum atomic E-state index is -0.826. The maximum absolute atomic E-state index is 13.6. The van der Waals surface area contributed by atoms with Crippen LogP contribution in [0.15, 0.2) is 48.5 Å². The molecule has 5 heteroatoms. The first-order valence-electron chi connectivity index (χ1n) is 8.62. The van der Waals surface area contributed by atoms with Gasteiger partial charge in [0.25, 0.3) is 5.91 Å². The van der Waals surface area contributed by atoms with Gasteiger partial charge in [0.05, 0.1) is 0 Å². The Balaban J connectivity index is 1.45. The molecule has 1 aliphatic rings. The molecule has 0 bridgehead atoms. The molecular weight excluding hydrogens is 322 g/mol. The van der Waals surface area contributed by atoms with E-state index in [9.17, 15) is 13.6 Å². The molecule has 2 aromatic carbocycles. The molecule has 3 rings (SSSR count). The summed E-state index contributed by atoms with van der Waals surface area (Å²) in [7, 11) is 0. The van der Waals surface area contributed by atoms with E-state index in [2.05, 4.69) is 22.3 Å². The molecule has 1 N–H and O–H groups in total. The van der Waals surface area contributed by atoms with Crippen molar-refractivity contribution in [2.45, 2.75) is 12.8 Å². The van der Waals surface area contributed by atoms with Crippen LogP contribution in [0.3, 0.4) is 0 Å². The van der Waals surface area contributed by atoms with Gasteiger partial charge in [-0.3, -0.25) is 4.79 Å². The van der Waals surface area contributed by atoms with E-state index in [-0.39, 0.29) is 0 Å². The molecule has 25 heavy (non-hydrogen) atoms. The summed E-state index contributed by atoms with van der Waals surface area (Å²) in [4.78, 5) is 14.4. The van der Waals surface area contributed by atoms with Crippen LogP contribution in [0.2, 0.25) is 0 Å². The second-order valence-electron chi connectivity index (χ2n) is 6.50. The van der Waals surface area contributed by atoms with Crippen molar-refractivity contribution in [1.29, 1.82) is 0 Å². The summed E-state index contributed by atoms with van der Waals surface area (Å²) in [6, 6.07) is 13.8. The first-order valence-corrected chi connectivity index (χ1v) is 8.62. The van der Waals surface area contributed by atoms with Crippen LogP contribution in [0.4, 0.5) is 8.78 Å². The van der Waals surface area contributed by atoms with Gasteiger partial charge < -0.3 is 10.2 Å². The predicted octanol–water partition coefficient (Wildman–Crippen LogP) is 3.26. The monoisotopic (exact) mass is 344 g/mol. The Kier molecular flexibility index (Phi) is 5.76. The van der Waals surface area contributed by atoms with Crippen molar-refractivity contribution in [3.05, 3.63) is 71.3 Å². The van der Waals surface area contributed by atoms with Gasteiger partial charge in [-0.05, 0) is 43.0 Å². The number of amides is 1. The molecule has 1 saturated heterocycles. The molecular formula is C20H22F2N2O. The van der Waals surface area contributed by atoms with E-state index in [0.29, 0.717) is 12.5 Å². The molecule has 1 heterocycles. The van der Waals surface area contributed by atoms with Crippen molar-refractivity contribution in [3.8, 4) is 0 Å². The zero-order chi connectivity index (χ0) is 17.6. The van der Waals surface area contributed by atoms with Crippen LogP contribution in [-0.4, -0.2) is 37.0 Å². The highest BCUT2D eigenvalue weighted by atomic mass is 19.1. The van der Waals surface area contributed by atoms with Gasteiger partial charge in [-0.25, -0.2) is 8.78 Å². The third kappa shape index (κ3) is 4.63. The lowest BCUT2D eigenvalue weighted by molar-refractivity contribution is 0.0939. The number of benzene rings is 2. The topological polar surface area (TPSA) is 32.3 Å². The van der Waals surface area contributed by atoms with Crippen molar-refractivity contribution in [3.63, 3.8) is 0 Å². The summed E-state index contributed by atoms with van der Waals surface area (Å²) in [5.41, 5.74) is 0.815. The number of rotatable bonds is 6. The molecule has 1 amide bonds. The standard InChI is InChI=1S/C20H22F2N2O/c21-17-7-4-8-18(22)19(17)20(25)23-13-16-10-12-24(14-16)11-9-15-5-2-1-3-6-15/h1-8,16H,9-14H2,(H,23,25)/t16-/m0/s1. The normalized spacial score (nSPS) is 17.6. The average molecular weight is 344 g/mol. The molecule has 0 spiro atoms. The summed E-state index contributed by atoms with van der Waals surface area (Å²) in [6.45, 7) is 3.30. The molecule has 0 aromatic heterocycles. The molecule has 3 nitrogen and oxygen atoms in total. The Morgan fingerprint density at radius 1 is 1.08 bits per heavy atom. The quantitative estimate of drug-likeness (QED) is 0.872. The molecule has 1 atom stereocenters. The molecule has 0 radical (unpaired) electrons. The van der Waals surface area contributed by atoms with E-state index in [1.54, 1.807) is 0 Å². The number of hydrogen-bond acceptors (Lipinski definition) is 2. The third-order valence-corrected chi connectivity index (χ3v) is 4.67. The largest absolute Gasteiger partial charge is 0.352 e. The fourth-order valence-corrected chi connectivity index (χ4v) is 3.25. The van der Waals surface area contributed by atoms with Gasteiger partial charge in [0.2, 0.25) is 0 Å². The lowest BCUT2D eigenvalue weighted by Crippen LogP contribution is -2.32. The fourth-order valence-electron chi connectivity index (χ4n) is 3.25. The zero-order valence-corrected chi connectivity index (χ0v) is 14.1. The second-order valence-corrected chi connectivity index (χ2v) is 6.50. The second kappa shape index (κ2) is 8.21. The molecule has 0 saturated carbocycles. The van der Waals surface area contributed by atoms with Gasteiger partial charge in [-0.1, -0.05) is 36.4 Å². The number of likely N-dealkylation sites (tertiary alicyclic amines) is 1. The van der Waals surface area contributed by atoms with Crippen molar-refractivity contribution in [2.75, 3.05) is 26.2 Å². The Morgan fingerprint density at radius 3 is 2.52 bits per heavy atom. The van der Waals surface area contributed by atoms with Crippen LogP contribution in [0.1, 0.15) is 22.3 Å². The van der Waals surface area contributed by atoms with Gasteiger partial charge in [-0.2, -0.15) is 0 Å². The Morgan fingerprint density at radius 2 is 1.80 bits per heavy atom. The van der Waals surface area contributed by atoms with Crippen LogP contribution in [0.25, 0.3) is 0 Å². The number of nitrogens with zero attached hydrogens (tertiary/aromatic N) is 1. The molecule has 0 unspecified atom stereocenters.